The van der Waals surface area contributed by atoms with Gasteiger partial charge in [-0.1, -0.05) is 26.0 Å². The number of likely N-dealkylation sites (tertiary alicyclic amines) is 1. The zero-order chi connectivity index (χ0) is 15.9. The van der Waals surface area contributed by atoms with Crippen LogP contribution in [0.15, 0.2) is 24.3 Å². The number of carbonyl (C=O) groups excluding carboxylic acids is 1. The largest absolute Gasteiger partial charge is 0.356 e. The molecule has 1 amide bonds. The summed E-state index contributed by atoms with van der Waals surface area (Å²) in [4.78, 5) is 14.3. The number of nitrogens with one attached hydrogen (secondary N) is 1. The van der Waals surface area contributed by atoms with Crippen LogP contribution < -0.4 is 5.32 Å². The van der Waals surface area contributed by atoms with Gasteiger partial charge in [-0.2, -0.15) is 0 Å². The first-order valence-electron chi connectivity index (χ1n) is 8.26. The SMILES string of the molecule is C[C@@H]1C[C@H](C)CN(CCCNC(=O)Cc2ccc(F)cc2)C1. The Kier molecular flexibility index (Phi) is 6.37. The number of rotatable bonds is 6. The second kappa shape index (κ2) is 8.28. The van der Waals surface area contributed by atoms with Crippen LogP contribution >= 0.6 is 0 Å². The van der Waals surface area contributed by atoms with E-state index in [2.05, 4.69) is 24.1 Å². The lowest BCUT2D eigenvalue weighted by molar-refractivity contribution is -0.120. The van der Waals surface area contributed by atoms with E-state index in [1.807, 2.05) is 0 Å². The summed E-state index contributed by atoms with van der Waals surface area (Å²) in [5.41, 5.74) is 0.845. The van der Waals surface area contributed by atoms with Gasteiger partial charge in [-0.05, 0) is 48.9 Å². The molecular formula is C18H27FN2O. The van der Waals surface area contributed by atoms with Gasteiger partial charge in [0.2, 0.25) is 5.91 Å². The maximum absolute atomic E-state index is 12.8. The third kappa shape index (κ3) is 5.76. The summed E-state index contributed by atoms with van der Waals surface area (Å²) in [5.74, 6) is 1.29. The Bertz CT molecular complexity index is 464. The molecule has 1 fully saturated rings. The van der Waals surface area contributed by atoms with Crippen LogP contribution in [0.4, 0.5) is 4.39 Å². The smallest absolute Gasteiger partial charge is 0.224 e. The van der Waals surface area contributed by atoms with Gasteiger partial charge in [0.25, 0.3) is 0 Å². The molecule has 1 heterocycles. The van der Waals surface area contributed by atoms with Gasteiger partial charge >= 0.3 is 0 Å². The predicted octanol–water partition coefficient (Wildman–Crippen LogP) is 2.85. The lowest BCUT2D eigenvalue weighted by Crippen LogP contribution is -2.40. The van der Waals surface area contributed by atoms with Gasteiger partial charge in [-0.3, -0.25) is 4.79 Å². The van der Waals surface area contributed by atoms with Gasteiger partial charge in [0.1, 0.15) is 5.82 Å². The van der Waals surface area contributed by atoms with Gasteiger partial charge in [0, 0.05) is 19.6 Å². The van der Waals surface area contributed by atoms with Gasteiger partial charge < -0.3 is 10.2 Å². The number of amides is 1. The molecule has 2 atom stereocenters. The molecule has 0 unspecified atom stereocenters. The number of piperidine rings is 1. The minimum absolute atomic E-state index is 0.00647. The van der Waals surface area contributed by atoms with E-state index in [4.69, 9.17) is 0 Å². The molecule has 4 heteroatoms. The molecule has 2 rings (SSSR count). The normalized spacial score (nSPS) is 22.5. The number of hydrogen-bond donors (Lipinski definition) is 1. The van der Waals surface area contributed by atoms with Crippen molar-refractivity contribution in [3.05, 3.63) is 35.6 Å². The first-order valence-corrected chi connectivity index (χ1v) is 8.26. The molecular weight excluding hydrogens is 279 g/mol. The van der Waals surface area contributed by atoms with Crippen LogP contribution in [0.2, 0.25) is 0 Å². The lowest BCUT2D eigenvalue weighted by Gasteiger charge is -2.34. The van der Waals surface area contributed by atoms with Crippen molar-refractivity contribution in [3.63, 3.8) is 0 Å². The number of carbonyl (C=O) groups is 1. The van der Waals surface area contributed by atoms with Crippen molar-refractivity contribution < 1.29 is 9.18 Å². The van der Waals surface area contributed by atoms with Crippen LogP contribution in [0.5, 0.6) is 0 Å². The van der Waals surface area contributed by atoms with Crippen LogP contribution in [0.3, 0.4) is 0 Å². The van der Waals surface area contributed by atoms with Crippen LogP contribution in [0.1, 0.15) is 32.3 Å². The van der Waals surface area contributed by atoms with Crippen molar-refractivity contribution in [2.75, 3.05) is 26.2 Å². The molecule has 0 bridgehead atoms. The van der Waals surface area contributed by atoms with Gasteiger partial charge in [-0.15, -0.1) is 0 Å². The van der Waals surface area contributed by atoms with Crippen LogP contribution in [-0.4, -0.2) is 37.0 Å². The topological polar surface area (TPSA) is 32.3 Å². The van der Waals surface area contributed by atoms with Crippen molar-refractivity contribution in [2.45, 2.75) is 33.1 Å². The minimum Gasteiger partial charge on any atom is -0.356 e. The van der Waals surface area contributed by atoms with Crippen molar-refractivity contribution in [1.29, 1.82) is 0 Å². The molecule has 0 saturated carbocycles. The monoisotopic (exact) mass is 306 g/mol. The summed E-state index contributed by atoms with van der Waals surface area (Å²) < 4.78 is 12.8. The van der Waals surface area contributed by atoms with E-state index in [-0.39, 0.29) is 11.7 Å². The van der Waals surface area contributed by atoms with E-state index in [1.54, 1.807) is 12.1 Å². The van der Waals surface area contributed by atoms with Crippen LogP contribution in [0.25, 0.3) is 0 Å². The second-order valence-corrected chi connectivity index (χ2v) is 6.71. The minimum atomic E-state index is -0.269. The summed E-state index contributed by atoms with van der Waals surface area (Å²) >= 11 is 0. The fourth-order valence-electron chi connectivity index (χ4n) is 3.36. The molecule has 1 aliphatic rings. The van der Waals surface area contributed by atoms with E-state index in [0.717, 1.165) is 30.4 Å². The molecule has 0 aromatic heterocycles. The second-order valence-electron chi connectivity index (χ2n) is 6.71. The quantitative estimate of drug-likeness (QED) is 0.820. The first kappa shape index (κ1) is 16.9. The van der Waals surface area contributed by atoms with E-state index < -0.39 is 0 Å². The summed E-state index contributed by atoms with van der Waals surface area (Å²) in [6, 6.07) is 6.10. The molecule has 22 heavy (non-hydrogen) atoms. The highest BCUT2D eigenvalue weighted by molar-refractivity contribution is 5.78. The fourth-order valence-corrected chi connectivity index (χ4v) is 3.36. The summed E-state index contributed by atoms with van der Waals surface area (Å²) in [6.45, 7) is 8.73. The number of benzene rings is 1. The maximum atomic E-state index is 12.8. The van der Waals surface area contributed by atoms with Gasteiger partial charge in [0.15, 0.2) is 0 Å². The summed E-state index contributed by atoms with van der Waals surface area (Å²) in [6.07, 6.45) is 2.62. The maximum Gasteiger partial charge on any atom is 0.224 e. The Morgan fingerprint density at radius 3 is 2.50 bits per heavy atom. The average Bonchev–Trinajstić information content (AvgIpc) is 2.45. The molecule has 122 valence electrons. The number of halogens is 1. The van der Waals surface area contributed by atoms with E-state index in [0.29, 0.717) is 13.0 Å². The van der Waals surface area contributed by atoms with E-state index in [9.17, 15) is 9.18 Å². The standard InChI is InChI=1S/C18H27FN2O/c1-14-10-15(2)13-21(12-14)9-3-8-20-18(22)11-16-4-6-17(19)7-5-16/h4-7,14-15H,3,8-13H2,1-2H3,(H,20,22)/t14-,15+. The lowest BCUT2D eigenvalue weighted by atomic mass is 9.92. The Hall–Kier alpha value is -1.42. The highest BCUT2D eigenvalue weighted by atomic mass is 19.1. The van der Waals surface area contributed by atoms with Gasteiger partial charge in [-0.25, -0.2) is 4.39 Å². The summed E-state index contributed by atoms with van der Waals surface area (Å²) in [5, 5.41) is 2.95. The van der Waals surface area contributed by atoms with Crippen molar-refractivity contribution in [2.24, 2.45) is 11.8 Å². The highest BCUT2D eigenvalue weighted by Crippen LogP contribution is 2.20. The zero-order valence-electron chi connectivity index (χ0n) is 13.6. The Morgan fingerprint density at radius 1 is 1.23 bits per heavy atom. The molecule has 1 aromatic carbocycles. The molecule has 1 saturated heterocycles. The molecule has 1 aliphatic heterocycles. The third-order valence-corrected chi connectivity index (χ3v) is 4.20. The van der Waals surface area contributed by atoms with Crippen molar-refractivity contribution in [1.82, 2.24) is 10.2 Å². The molecule has 0 aliphatic carbocycles. The first-order chi connectivity index (χ1) is 10.5. The van der Waals surface area contributed by atoms with Crippen LogP contribution in [-0.2, 0) is 11.2 Å². The van der Waals surface area contributed by atoms with Crippen LogP contribution in [0, 0.1) is 17.7 Å². The van der Waals surface area contributed by atoms with E-state index >= 15 is 0 Å². The van der Waals surface area contributed by atoms with Crippen molar-refractivity contribution >= 4 is 5.91 Å². The molecule has 3 nitrogen and oxygen atoms in total. The molecule has 0 radical (unpaired) electrons. The third-order valence-electron chi connectivity index (χ3n) is 4.20. The summed E-state index contributed by atoms with van der Waals surface area (Å²) in [7, 11) is 0. The zero-order valence-corrected chi connectivity index (χ0v) is 13.6. The average molecular weight is 306 g/mol. The van der Waals surface area contributed by atoms with Gasteiger partial charge in [0.05, 0.1) is 6.42 Å². The predicted molar refractivity (Wildman–Crippen MR) is 87.1 cm³/mol. The molecule has 1 N–H and O–H groups in total. The molecule has 1 aromatic rings. The van der Waals surface area contributed by atoms with Crippen molar-refractivity contribution in [3.8, 4) is 0 Å². The fraction of sp³-hybridized carbons (Fsp3) is 0.611. The Balaban J connectivity index is 1.62. The number of hydrogen-bond acceptors (Lipinski definition) is 2. The Morgan fingerprint density at radius 2 is 1.86 bits per heavy atom. The molecule has 0 spiro atoms. The highest BCUT2D eigenvalue weighted by Gasteiger charge is 2.20. The number of nitrogens with zero attached hydrogens (tertiary/aromatic N) is 1. The van der Waals surface area contributed by atoms with E-state index in [1.165, 1.54) is 31.6 Å². The Labute approximate surface area is 132 Å².